The number of carbonyl (C=O) groups excluding carboxylic acids is 1. The minimum atomic E-state index is -0.406. The molecule has 0 unspecified atom stereocenters. The topological polar surface area (TPSA) is 78.3 Å². The Morgan fingerprint density at radius 1 is 1.10 bits per heavy atom. The van der Waals surface area contributed by atoms with Gasteiger partial charge in [0.2, 0.25) is 5.91 Å². The number of hydrogen-bond acceptors (Lipinski definition) is 3. The molecule has 0 atom stereocenters. The highest BCUT2D eigenvalue weighted by Gasteiger charge is 2.26. The van der Waals surface area contributed by atoms with Crippen LogP contribution in [0.2, 0.25) is 0 Å². The van der Waals surface area contributed by atoms with Crippen molar-refractivity contribution in [2.75, 3.05) is 6.61 Å². The second kappa shape index (κ2) is 6.86. The summed E-state index contributed by atoms with van der Waals surface area (Å²) in [7, 11) is 0. The van der Waals surface area contributed by atoms with Crippen LogP contribution in [-0.2, 0) is 11.3 Å². The molecule has 1 aromatic carbocycles. The highest BCUT2D eigenvalue weighted by atomic mass is 16.5. The van der Waals surface area contributed by atoms with E-state index in [4.69, 9.17) is 16.2 Å². The minimum Gasteiger partial charge on any atom is -0.375 e. The Bertz CT molecular complexity index is 434. The second-order valence-corrected chi connectivity index (χ2v) is 5.83. The SMILES string of the molecule is NC(=O)c1ccc(COCC2(N)CCCCCC2)cc1. The van der Waals surface area contributed by atoms with Crippen LogP contribution in [0.4, 0.5) is 0 Å². The molecule has 0 bridgehead atoms. The van der Waals surface area contributed by atoms with E-state index in [0.29, 0.717) is 18.8 Å². The molecule has 1 saturated carbocycles. The molecule has 0 saturated heterocycles. The Labute approximate surface area is 120 Å². The molecular formula is C16H24N2O2. The van der Waals surface area contributed by atoms with Crippen molar-refractivity contribution in [3.05, 3.63) is 35.4 Å². The van der Waals surface area contributed by atoms with Crippen LogP contribution in [0, 0.1) is 0 Å². The van der Waals surface area contributed by atoms with Gasteiger partial charge in [-0.25, -0.2) is 0 Å². The number of hydrogen-bond donors (Lipinski definition) is 2. The van der Waals surface area contributed by atoms with Gasteiger partial charge in [0, 0.05) is 11.1 Å². The molecule has 1 fully saturated rings. The lowest BCUT2D eigenvalue weighted by Crippen LogP contribution is -2.43. The third-order valence-corrected chi connectivity index (χ3v) is 4.00. The summed E-state index contributed by atoms with van der Waals surface area (Å²) in [4.78, 5) is 11.0. The number of carbonyl (C=O) groups is 1. The summed E-state index contributed by atoms with van der Waals surface area (Å²) in [5.74, 6) is -0.406. The van der Waals surface area contributed by atoms with E-state index in [9.17, 15) is 4.79 Å². The van der Waals surface area contributed by atoms with Crippen molar-refractivity contribution in [1.29, 1.82) is 0 Å². The van der Waals surface area contributed by atoms with Gasteiger partial charge in [0.25, 0.3) is 0 Å². The molecule has 4 N–H and O–H groups in total. The Morgan fingerprint density at radius 2 is 1.70 bits per heavy atom. The summed E-state index contributed by atoms with van der Waals surface area (Å²) in [6.07, 6.45) is 7.07. The lowest BCUT2D eigenvalue weighted by molar-refractivity contribution is 0.0667. The normalized spacial score (nSPS) is 18.4. The minimum absolute atomic E-state index is 0.163. The number of primary amides is 1. The van der Waals surface area contributed by atoms with Gasteiger partial charge in [-0.1, -0.05) is 37.8 Å². The summed E-state index contributed by atoms with van der Waals surface area (Å²) >= 11 is 0. The predicted molar refractivity (Wildman–Crippen MR) is 79.2 cm³/mol. The van der Waals surface area contributed by atoms with Gasteiger partial charge >= 0.3 is 0 Å². The Kier molecular flexibility index (Phi) is 5.15. The first-order valence-electron chi connectivity index (χ1n) is 7.34. The highest BCUT2D eigenvalue weighted by molar-refractivity contribution is 5.92. The zero-order valence-electron chi connectivity index (χ0n) is 11.9. The first-order chi connectivity index (χ1) is 9.59. The van der Waals surface area contributed by atoms with E-state index in [0.717, 1.165) is 18.4 Å². The van der Waals surface area contributed by atoms with Gasteiger partial charge in [0.15, 0.2) is 0 Å². The summed E-state index contributed by atoms with van der Waals surface area (Å²) in [5, 5.41) is 0. The Balaban J connectivity index is 1.81. The van der Waals surface area contributed by atoms with Crippen molar-refractivity contribution in [3.63, 3.8) is 0 Å². The van der Waals surface area contributed by atoms with Crippen LogP contribution in [0.15, 0.2) is 24.3 Å². The van der Waals surface area contributed by atoms with E-state index in [2.05, 4.69) is 0 Å². The first-order valence-corrected chi connectivity index (χ1v) is 7.34. The standard InChI is InChI=1S/C16H24N2O2/c17-15(19)14-7-5-13(6-8-14)11-20-12-16(18)9-3-1-2-4-10-16/h5-8H,1-4,9-12,18H2,(H2,17,19). The van der Waals surface area contributed by atoms with E-state index in [1.165, 1.54) is 25.7 Å². The fourth-order valence-electron chi connectivity index (χ4n) is 2.71. The largest absolute Gasteiger partial charge is 0.375 e. The van der Waals surface area contributed by atoms with Crippen LogP contribution in [0.5, 0.6) is 0 Å². The molecule has 110 valence electrons. The molecule has 2 rings (SSSR count). The highest BCUT2D eigenvalue weighted by Crippen LogP contribution is 2.25. The first kappa shape index (κ1) is 15.0. The average molecular weight is 276 g/mol. The molecule has 1 amide bonds. The van der Waals surface area contributed by atoms with Crippen molar-refractivity contribution < 1.29 is 9.53 Å². The maximum Gasteiger partial charge on any atom is 0.248 e. The maximum absolute atomic E-state index is 11.0. The smallest absolute Gasteiger partial charge is 0.248 e. The third kappa shape index (κ3) is 4.32. The molecule has 0 aliphatic heterocycles. The quantitative estimate of drug-likeness (QED) is 0.810. The van der Waals surface area contributed by atoms with Crippen LogP contribution in [0.3, 0.4) is 0 Å². The number of benzene rings is 1. The molecule has 0 aromatic heterocycles. The fraction of sp³-hybridized carbons (Fsp3) is 0.562. The van der Waals surface area contributed by atoms with Gasteiger partial charge in [0.05, 0.1) is 13.2 Å². The van der Waals surface area contributed by atoms with E-state index >= 15 is 0 Å². The molecule has 0 radical (unpaired) electrons. The van der Waals surface area contributed by atoms with Crippen molar-refractivity contribution in [3.8, 4) is 0 Å². The summed E-state index contributed by atoms with van der Waals surface area (Å²) in [6.45, 7) is 1.13. The molecule has 1 aromatic rings. The number of rotatable bonds is 5. The Morgan fingerprint density at radius 3 is 2.25 bits per heavy atom. The molecule has 1 aliphatic carbocycles. The monoisotopic (exact) mass is 276 g/mol. The molecule has 1 aliphatic rings. The molecule has 0 heterocycles. The van der Waals surface area contributed by atoms with Crippen molar-refractivity contribution in [2.24, 2.45) is 11.5 Å². The van der Waals surface area contributed by atoms with Crippen LogP contribution in [-0.4, -0.2) is 18.1 Å². The van der Waals surface area contributed by atoms with E-state index in [1.807, 2.05) is 12.1 Å². The van der Waals surface area contributed by atoms with E-state index < -0.39 is 5.91 Å². The average Bonchev–Trinajstić information content (AvgIpc) is 2.64. The summed E-state index contributed by atoms with van der Waals surface area (Å²) < 4.78 is 5.78. The predicted octanol–water partition coefficient (Wildman–Crippen LogP) is 2.35. The zero-order valence-corrected chi connectivity index (χ0v) is 11.9. The van der Waals surface area contributed by atoms with Crippen molar-refractivity contribution >= 4 is 5.91 Å². The summed E-state index contributed by atoms with van der Waals surface area (Å²) in [6, 6.07) is 7.20. The molecule has 4 nitrogen and oxygen atoms in total. The van der Waals surface area contributed by atoms with Crippen molar-refractivity contribution in [2.45, 2.75) is 50.7 Å². The van der Waals surface area contributed by atoms with Crippen LogP contribution < -0.4 is 11.5 Å². The van der Waals surface area contributed by atoms with Gasteiger partial charge < -0.3 is 16.2 Å². The number of ether oxygens (including phenoxy) is 1. The van der Waals surface area contributed by atoms with Gasteiger partial charge in [-0.15, -0.1) is 0 Å². The van der Waals surface area contributed by atoms with Crippen LogP contribution >= 0.6 is 0 Å². The van der Waals surface area contributed by atoms with Gasteiger partial charge in [0.1, 0.15) is 0 Å². The Hall–Kier alpha value is -1.39. The van der Waals surface area contributed by atoms with Gasteiger partial charge in [-0.2, -0.15) is 0 Å². The van der Waals surface area contributed by atoms with Gasteiger partial charge in [-0.05, 0) is 30.5 Å². The van der Waals surface area contributed by atoms with Gasteiger partial charge in [-0.3, -0.25) is 4.79 Å². The van der Waals surface area contributed by atoms with E-state index in [1.54, 1.807) is 12.1 Å². The molecule has 0 spiro atoms. The van der Waals surface area contributed by atoms with Crippen LogP contribution in [0.1, 0.15) is 54.4 Å². The lowest BCUT2D eigenvalue weighted by Gasteiger charge is -2.27. The fourth-order valence-corrected chi connectivity index (χ4v) is 2.71. The number of amides is 1. The zero-order chi connectivity index (χ0) is 14.4. The molecule has 20 heavy (non-hydrogen) atoms. The second-order valence-electron chi connectivity index (χ2n) is 5.83. The maximum atomic E-state index is 11.0. The van der Waals surface area contributed by atoms with E-state index in [-0.39, 0.29) is 5.54 Å². The number of nitrogens with two attached hydrogens (primary N) is 2. The van der Waals surface area contributed by atoms with Crippen molar-refractivity contribution in [1.82, 2.24) is 0 Å². The lowest BCUT2D eigenvalue weighted by atomic mass is 9.92. The molecule has 4 heteroatoms. The van der Waals surface area contributed by atoms with Crippen LogP contribution in [0.25, 0.3) is 0 Å². The third-order valence-electron chi connectivity index (χ3n) is 4.00. The summed E-state index contributed by atoms with van der Waals surface area (Å²) in [5.41, 5.74) is 13.0. The molecular weight excluding hydrogens is 252 g/mol.